The van der Waals surface area contributed by atoms with Crippen molar-refractivity contribution in [3.05, 3.63) is 30.7 Å². The van der Waals surface area contributed by atoms with E-state index < -0.39 is 5.60 Å². The Labute approximate surface area is 147 Å². The summed E-state index contributed by atoms with van der Waals surface area (Å²) in [7, 11) is 0. The number of carbonyl (C=O) groups is 1. The minimum absolute atomic E-state index is 0.204. The first-order valence-corrected chi connectivity index (χ1v) is 8.52. The Kier molecular flexibility index (Phi) is 4.92. The van der Waals surface area contributed by atoms with Crippen LogP contribution in [0.1, 0.15) is 33.6 Å². The number of aromatic nitrogens is 2. The fourth-order valence-corrected chi connectivity index (χ4v) is 2.83. The van der Waals surface area contributed by atoms with Gasteiger partial charge in [0.2, 0.25) is 12.3 Å². The van der Waals surface area contributed by atoms with Crippen LogP contribution in [0, 0.1) is 0 Å². The number of nitrogens with one attached hydrogen (secondary N) is 1. The highest BCUT2D eigenvalue weighted by Crippen LogP contribution is 2.22. The predicted molar refractivity (Wildman–Crippen MR) is 94.2 cm³/mol. The van der Waals surface area contributed by atoms with Crippen LogP contribution in [0.5, 0.6) is 0 Å². The highest BCUT2D eigenvalue weighted by atomic mass is 16.6. The Hall–Kier alpha value is -2.57. The van der Waals surface area contributed by atoms with E-state index in [1.165, 1.54) is 6.39 Å². The summed E-state index contributed by atoms with van der Waals surface area (Å²) in [6, 6.07) is 8.03. The summed E-state index contributed by atoms with van der Waals surface area (Å²) < 4.78 is 10.7. The molecule has 1 unspecified atom stereocenters. The second-order valence-corrected chi connectivity index (χ2v) is 7.23. The minimum Gasteiger partial charge on any atom is -0.444 e. The molecule has 2 aromatic rings. The van der Waals surface area contributed by atoms with Crippen LogP contribution in [0.15, 0.2) is 35.1 Å². The van der Waals surface area contributed by atoms with Crippen molar-refractivity contribution >= 4 is 11.8 Å². The van der Waals surface area contributed by atoms with E-state index in [0.29, 0.717) is 12.4 Å². The topological polar surface area (TPSA) is 80.5 Å². The number of ether oxygens (including phenoxy) is 1. The second-order valence-electron chi connectivity index (χ2n) is 7.23. The molecule has 1 atom stereocenters. The zero-order valence-corrected chi connectivity index (χ0v) is 14.9. The van der Waals surface area contributed by atoms with E-state index in [-0.39, 0.29) is 12.1 Å². The Bertz CT molecular complexity index is 692. The summed E-state index contributed by atoms with van der Waals surface area (Å²) in [6.45, 7) is 7.03. The van der Waals surface area contributed by atoms with Crippen LogP contribution in [-0.2, 0) is 4.74 Å². The molecule has 0 saturated carbocycles. The van der Waals surface area contributed by atoms with Crippen molar-refractivity contribution in [3.63, 3.8) is 0 Å². The van der Waals surface area contributed by atoms with Gasteiger partial charge in [0.25, 0.3) is 0 Å². The first kappa shape index (κ1) is 17.3. The van der Waals surface area contributed by atoms with Crippen molar-refractivity contribution in [1.29, 1.82) is 0 Å². The number of carbonyl (C=O) groups excluding carboxylic acids is 1. The van der Waals surface area contributed by atoms with Gasteiger partial charge in [-0.05, 0) is 57.9 Å². The monoisotopic (exact) mass is 344 g/mol. The summed E-state index contributed by atoms with van der Waals surface area (Å²) in [5.74, 6) is 0.500. The number of likely N-dealkylation sites (tertiary alicyclic amines) is 1. The van der Waals surface area contributed by atoms with Crippen molar-refractivity contribution in [2.24, 2.45) is 0 Å². The van der Waals surface area contributed by atoms with Crippen LogP contribution in [0.25, 0.3) is 11.5 Å². The average Bonchev–Trinajstić information content (AvgIpc) is 3.09. The summed E-state index contributed by atoms with van der Waals surface area (Å²) in [5.41, 5.74) is 1.41. The Morgan fingerprint density at radius 2 is 2.08 bits per heavy atom. The first-order valence-electron chi connectivity index (χ1n) is 8.52. The van der Waals surface area contributed by atoms with Crippen LogP contribution >= 0.6 is 0 Å². The Balaban J connectivity index is 1.58. The van der Waals surface area contributed by atoms with Crippen molar-refractivity contribution in [1.82, 2.24) is 15.1 Å². The third-order valence-corrected chi connectivity index (χ3v) is 3.94. The molecule has 1 aliphatic rings. The van der Waals surface area contributed by atoms with Crippen LogP contribution in [-0.4, -0.2) is 45.9 Å². The van der Waals surface area contributed by atoms with Gasteiger partial charge in [0.1, 0.15) is 5.60 Å². The molecule has 0 bridgehead atoms. The average molecular weight is 344 g/mol. The Morgan fingerprint density at radius 3 is 2.72 bits per heavy atom. The molecule has 1 fully saturated rings. The third-order valence-electron chi connectivity index (χ3n) is 3.94. The molecule has 3 rings (SSSR count). The zero-order chi connectivity index (χ0) is 17.9. The van der Waals surface area contributed by atoms with Gasteiger partial charge in [-0.25, -0.2) is 4.79 Å². The molecular formula is C18H24N4O3. The van der Waals surface area contributed by atoms with E-state index in [1.54, 1.807) is 4.90 Å². The number of hydrogen-bond acceptors (Lipinski definition) is 6. The van der Waals surface area contributed by atoms with Crippen LogP contribution in [0.2, 0.25) is 0 Å². The van der Waals surface area contributed by atoms with Crippen molar-refractivity contribution < 1.29 is 13.9 Å². The summed E-state index contributed by atoms with van der Waals surface area (Å²) in [6.07, 6.45) is 3.04. The lowest BCUT2D eigenvalue weighted by Gasteiger charge is -2.34. The van der Waals surface area contributed by atoms with Gasteiger partial charge in [-0.2, -0.15) is 0 Å². The summed E-state index contributed by atoms with van der Waals surface area (Å²) >= 11 is 0. The van der Waals surface area contributed by atoms with Gasteiger partial charge < -0.3 is 19.4 Å². The molecule has 7 heteroatoms. The fourth-order valence-electron chi connectivity index (χ4n) is 2.83. The molecule has 1 saturated heterocycles. The number of hydrogen-bond donors (Lipinski definition) is 1. The van der Waals surface area contributed by atoms with Gasteiger partial charge in [-0.15, -0.1) is 10.2 Å². The Morgan fingerprint density at radius 1 is 1.32 bits per heavy atom. The lowest BCUT2D eigenvalue weighted by atomic mass is 10.1. The van der Waals surface area contributed by atoms with Gasteiger partial charge in [0.15, 0.2) is 0 Å². The smallest absolute Gasteiger partial charge is 0.410 e. The molecule has 1 N–H and O–H groups in total. The van der Waals surface area contributed by atoms with E-state index in [4.69, 9.17) is 9.15 Å². The van der Waals surface area contributed by atoms with Crippen LogP contribution in [0.4, 0.5) is 10.5 Å². The van der Waals surface area contributed by atoms with E-state index in [2.05, 4.69) is 15.5 Å². The summed E-state index contributed by atoms with van der Waals surface area (Å²) in [5, 5.41) is 11.1. The highest BCUT2D eigenvalue weighted by molar-refractivity contribution is 5.68. The van der Waals surface area contributed by atoms with Gasteiger partial charge >= 0.3 is 6.09 Å². The molecule has 2 heterocycles. The summed E-state index contributed by atoms with van der Waals surface area (Å²) in [4.78, 5) is 14.0. The van der Waals surface area contributed by atoms with Gasteiger partial charge in [-0.3, -0.25) is 0 Å². The van der Waals surface area contributed by atoms with E-state index in [9.17, 15) is 4.79 Å². The maximum Gasteiger partial charge on any atom is 0.410 e. The minimum atomic E-state index is -0.470. The number of piperidine rings is 1. The first-order chi connectivity index (χ1) is 11.9. The quantitative estimate of drug-likeness (QED) is 0.917. The lowest BCUT2D eigenvalue weighted by molar-refractivity contribution is 0.0206. The molecule has 1 aromatic carbocycles. The SMILES string of the molecule is CC(C)(C)OC(=O)N1CCCC(Nc2ccc(-c3nnco3)cc2)C1. The van der Waals surface area contributed by atoms with E-state index in [1.807, 2.05) is 45.0 Å². The van der Waals surface area contributed by atoms with Crippen molar-refractivity contribution in [2.75, 3.05) is 18.4 Å². The molecule has 0 spiro atoms. The second kappa shape index (κ2) is 7.13. The maximum absolute atomic E-state index is 12.2. The molecule has 1 aliphatic heterocycles. The number of rotatable bonds is 3. The van der Waals surface area contributed by atoms with Crippen LogP contribution < -0.4 is 5.32 Å². The third kappa shape index (κ3) is 4.71. The lowest BCUT2D eigenvalue weighted by Crippen LogP contribution is -2.46. The van der Waals surface area contributed by atoms with E-state index >= 15 is 0 Å². The molecule has 25 heavy (non-hydrogen) atoms. The molecule has 7 nitrogen and oxygen atoms in total. The normalized spacial score (nSPS) is 18.0. The van der Waals surface area contributed by atoms with E-state index in [0.717, 1.165) is 30.6 Å². The van der Waals surface area contributed by atoms with Crippen molar-refractivity contribution in [3.8, 4) is 11.5 Å². The molecular weight excluding hydrogens is 320 g/mol. The number of anilines is 1. The number of benzene rings is 1. The molecule has 0 aliphatic carbocycles. The molecule has 1 amide bonds. The van der Waals surface area contributed by atoms with Crippen molar-refractivity contribution in [2.45, 2.75) is 45.3 Å². The highest BCUT2D eigenvalue weighted by Gasteiger charge is 2.27. The number of nitrogens with zero attached hydrogens (tertiary/aromatic N) is 3. The standard InChI is InChI=1S/C18H24N4O3/c1-18(2,3)25-17(23)22-10-4-5-15(11-22)20-14-8-6-13(7-9-14)16-21-19-12-24-16/h6-9,12,15,20H,4-5,10-11H2,1-3H3. The maximum atomic E-state index is 12.2. The van der Waals surface area contributed by atoms with Gasteiger partial charge in [0, 0.05) is 30.4 Å². The largest absolute Gasteiger partial charge is 0.444 e. The molecule has 0 radical (unpaired) electrons. The fraction of sp³-hybridized carbons (Fsp3) is 0.500. The number of amides is 1. The van der Waals surface area contributed by atoms with Gasteiger partial charge in [-0.1, -0.05) is 0 Å². The van der Waals surface area contributed by atoms with Gasteiger partial charge in [0.05, 0.1) is 0 Å². The molecule has 134 valence electrons. The predicted octanol–water partition coefficient (Wildman–Crippen LogP) is 3.55. The zero-order valence-electron chi connectivity index (χ0n) is 14.9. The molecule has 1 aromatic heterocycles. The van der Waals surface area contributed by atoms with Crippen LogP contribution in [0.3, 0.4) is 0 Å².